The van der Waals surface area contributed by atoms with E-state index in [9.17, 15) is 14.3 Å². The minimum absolute atomic E-state index is 0.126. The average Bonchev–Trinajstić information content (AvgIpc) is 3.10. The number of aliphatic hydroxyl groups is 1. The van der Waals surface area contributed by atoms with E-state index in [0.29, 0.717) is 17.8 Å². The fraction of sp³-hybridized carbons (Fsp3) is 0.632. The molecule has 0 radical (unpaired) electrons. The van der Waals surface area contributed by atoms with E-state index in [-0.39, 0.29) is 23.7 Å². The summed E-state index contributed by atoms with van der Waals surface area (Å²) in [6, 6.07) is 4.79. The highest BCUT2D eigenvalue weighted by Gasteiger charge is 2.26. The number of amides is 1. The van der Waals surface area contributed by atoms with E-state index in [1.807, 2.05) is 4.90 Å². The smallest absolute Gasteiger partial charge is 0.253 e. The summed E-state index contributed by atoms with van der Waals surface area (Å²) in [5, 5.41) is 10.1. The third-order valence-electron chi connectivity index (χ3n) is 5.37. The summed E-state index contributed by atoms with van der Waals surface area (Å²) in [5.74, 6) is -0.380. The monoisotopic (exact) mass is 334 g/mol. The minimum Gasteiger partial charge on any atom is -0.393 e. The molecule has 1 aliphatic heterocycles. The Morgan fingerprint density at radius 2 is 1.96 bits per heavy atom. The number of hydrogen-bond donors (Lipinski definition) is 1. The van der Waals surface area contributed by atoms with Gasteiger partial charge in [0.15, 0.2) is 0 Å². The number of hydrogen-bond acceptors (Lipinski definition) is 3. The van der Waals surface area contributed by atoms with Gasteiger partial charge in [-0.3, -0.25) is 4.79 Å². The van der Waals surface area contributed by atoms with Crippen molar-refractivity contribution in [2.24, 2.45) is 5.92 Å². The van der Waals surface area contributed by atoms with Crippen molar-refractivity contribution in [1.82, 2.24) is 4.90 Å². The molecule has 1 aromatic carbocycles. The van der Waals surface area contributed by atoms with Gasteiger partial charge in [-0.1, -0.05) is 12.8 Å². The lowest BCUT2D eigenvalue weighted by molar-refractivity contribution is 0.0451. The molecule has 2 atom stereocenters. The summed E-state index contributed by atoms with van der Waals surface area (Å²) in [6.45, 7) is 2.28. The zero-order valence-electron chi connectivity index (χ0n) is 14.4. The van der Waals surface area contributed by atoms with Crippen molar-refractivity contribution in [3.8, 4) is 0 Å². The van der Waals surface area contributed by atoms with Crippen LogP contribution in [0, 0.1) is 11.7 Å². The Labute approximate surface area is 143 Å². The van der Waals surface area contributed by atoms with Gasteiger partial charge < -0.3 is 14.9 Å². The summed E-state index contributed by atoms with van der Waals surface area (Å²) in [7, 11) is 1.73. The van der Waals surface area contributed by atoms with Crippen LogP contribution in [-0.2, 0) is 0 Å². The molecule has 0 aromatic heterocycles. The minimum atomic E-state index is -0.330. The molecule has 3 rings (SSSR count). The molecule has 5 heteroatoms. The van der Waals surface area contributed by atoms with Crippen LogP contribution in [0.25, 0.3) is 0 Å². The Morgan fingerprint density at radius 1 is 1.25 bits per heavy atom. The maximum absolute atomic E-state index is 14.4. The van der Waals surface area contributed by atoms with Crippen molar-refractivity contribution >= 4 is 11.6 Å². The fourth-order valence-corrected chi connectivity index (χ4v) is 3.91. The molecule has 1 aliphatic carbocycles. The van der Waals surface area contributed by atoms with Gasteiger partial charge in [-0.2, -0.15) is 0 Å². The second kappa shape index (κ2) is 7.51. The van der Waals surface area contributed by atoms with Crippen LogP contribution < -0.4 is 4.90 Å². The van der Waals surface area contributed by atoms with Gasteiger partial charge in [-0.15, -0.1) is 0 Å². The van der Waals surface area contributed by atoms with Gasteiger partial charge in [0, 0.05) is 38.2 Å². The Hall–Kier alpha value is -1.62. The zero-order chi connectivity index (χ0) is 17.1. The summed E-state index contributed by atoms with van der Waals surface area (Å²) >= 11 is 0. The number of aliphatic hydroxyl groups excluding tert-OH is 1. The van der Waals surface area contributed by atoms with Crippen LogP contribution in [0.4, 0.5) is 10.1 Å². The van der Waals surface area contributed by atoms with Gasteiger partial charge >= 0.3 is 0 Å². The third kappa shape index (κ3) is 3.72. The van der Waals surface area contributed by atoms with Crippen molar-refractivity contribution in [2.45, 2.75) is 44.6 Å². The van der Waals surface area contributed by atoms with E-state index in [1.54, 1.807) is 24.1 Å². The molecule has 4 nitrogen and oxygen atoms in total. The van der Waals surface area contributed by atoms with Crippen molar-refractivity contribution in [1.29, 1.82) is 0 Å². The lowest BCUT2D eigenvalue weighted by atomic mass is 9.86. The second-order valence-electron chi connectivity index (χ2n) is 7.16. The maximum atomic E-state index is 14.4. The van der Waals surface area contributed by atoms with Crippen molar-refractivity contribution in [3.05, 3.63) is 29.6 Å². The van der Waals surface area contributed by atoms with Gasteiger partial charge in [0.1, 0.15) is 5.82 Å². The van der Waals surface area contributed by atoms with E-state index in [1.165, 1.54) is 6.07 Å². The molecule has 132 valence electrons. The molecular weight excluding hydrogens is 307 g/mol. The third-order valence-corrected chi connectivity index (χ3v) is 5.37. The topological polar surface area (TPSA) is 43.8 Å². The first kappa shape index (κ1) is 17.2. The summed E-state index contributed by atoms with van der Waals surface area (Å²) < 4.78 is 14.4. The first-order valence-corrected chi connectivity index (χ1v) is 9.04. The number of nitrogens with zero attached hydrogens (tertiary/aromatic N) is 2. The largest absolute Gasteiger partial charge is 0.393 e. The van der Waals surface area contributed by atoms with Gasteiger partial charge in [-0.05, 0) is 43.9 Å². The Balaban J connectivity index is 1.66. The molecule has 0 spiro atoms. The highest BCUT2D eigenvalue weighted by molar-refractivity contribution is 5.94. The van der Waals surface area contributed by atoms with Crippen molar-refractivity contribution in [2.75, 3.05) is 31.6 Å². The van der Waals surface area contributed by atoms with Gasteiger partial charge in [-0.25, -0.2) is 4.39 Å². The lowest BCUT2D eigenvalue weighted by Crippen LogP contribution is -2.38. The van der Waals surface area contributed by atoms with Crippen LogP contribution in [0.1, 0.15) is 48.9 Å². The quantitative estimate of drug-likeness (QED) is 0.920. The molecular formula is C19H27FN2O2. The van der Waals surface area contributed by atoms with Crippen LogP contribution in [0.5, 0.6) is 0 Å². The molecule has 2 aliphatic rings. The molecule has 1 N–H and O–H groups in total. The number of carbonyl (C=O) groups is 1. The van der Waals surface area contributed by atoms with Crippen LogP contribution in [0.15, 0.2) is 18.2 Å². The molecule has 1 saturated carbocycles. The van der Waals surface area contributed by atoms with Gasteiger partial charge in [0.25, 0.3) is 5.91 Å². The van der Waals surface area contributed by atoms with E-state index < -0.39 is 0 Å². The summed E-state index contributed by atoms with van der Waals surface area (Å²) in [4.78, 5) is 16.2. The highest BCUT2D eigenvalue weighted by Crippen LogP contribution is 2.27. The van der Waals surface area contributed by atoms with E-state index in [4.69, 9.17) is 0 Å². The lowest BCUT2D eigenvalue weighted by Gasteiger charge is -2.31. The maximum Gasteiger partial charge on any atom is 0.253 e. The summed E-state index contributed by atoms with van der Waals surface area (Å²) in [5.41, 5.74) is 0.970. The molecule has 1 amide bonds. The number of halogens is 1. The molecule has 2 unspecified atom stereocenters. The van der Waals surface area contributed by atoms with Crippen LogP contribution >= 0.6 is 0 Å². The standard InChI is InChI=1S/C19H27FN2O2/c1-21(13-15-6-2-3-7-18(15)23)19(24)14-8-9-17(16(20)12-14)22-10-4-5-11-22/h8-9,12,15,18,23H,2-7,10-11,13H2,1H3. The predicted octanol–water partition coefficient (Wildman–Crippen LogP) is 3.05. The number of carbonyl (C=O) groups excluding carboxylic acids is 1. The molecule has 1 aromatic rings. The van der Waals surface area contributed by atoms with Crippen LogP contribution in [-0.4, -0.2) is 48.7 Å². The van der Waals surface area contributed by atoms with Crippen LogP contribution in [0.2, 0.25) is 0 Å². The van der Waals surface area contributed by atoms with E-state index in [2.05, 4.69) is 0 Å². The second-order valence-corrected chi connectivity index (χ2v) is 7.16. The molecule has 2 fully saturated rings. The first-order valence-electron chi connectivity index (χ1n) is 9.04. The van der Waals surface area contributed by atoms with Crippen molar-refractivity contribution in [3.63, 3.8) is 0 Å². The average molecular weight is 334 g/mol. The number of anilines is 1. The summed E-state index contributed by atoms with van der Waals surface area (Å²) in [6.07, 6.45) is 5.76. The normalized spacial score (nSPS) is 24.2. The SMILES string of the molecule is CN(CC1CCCCC1O)C(=O)c1ccc(N2CCCC2)c(F)c1. The Morgan fingerprint density at radius 3 is 2.62 bits per heavy atom. The van der Waals surface area contributed by atoms with Gasteiger partial charge in [0.2, 0.25) is 0 Å². The van der Waals surface area contributed by atoms with E-state index in [0.717, 1.165) is 51.6 Å². The predicted molar refractivity (Wildman–Crippen MR) is 92.8 cm³/mol. The number of rotatable bonds is 4. The Bertz CT molecular complexity index is 587. The highest BCUT2D eigenvalue weighted by atomic mass is 19.1. The molecule has 1 heterocycles. The molecule has 24 heavy (non-hydrogen) atoms. The van der Waals surface area contributed by atoms with Crippen molar-refractivity contribution < 1.29 is 14.3 Å². The molecule has 0 bridgehead atoms. The molecule has 1 saturated heterocycles. The van der Waals surface area contributed by atoms with Crippen LogP contribution in [0.3, 0.4) is 0 Å². The zero-order valence-corrected chi connectivity index (χ0v) is 14.4. The van der Waals surface area contributed by atoms with Gasteiger partial charge in [0.05, 0.1) is 11.8 Å². The van der Waals surface area contributed by atoms with E-state index >= 15 is 0 Å². The Kier molecular flexibility index (Phi) is 5.39. The number of benzene rings is 1. The first-order chi connectivity index (χ1) is 11.6. The fourth-order valence-electron chi connectivity index (χ4n) is 3.91.